The summed E-state index contributed by atoms with van der Waals surface area (Å²) < 4.78 is 13.8. The van der Waals surface area contributed by atoms with Gasteiger partial charge < -0.3 is 5.11 Å². The highest BCUT2D eigenvalue weighted by molar-refractivity contribution is 5.34. The second-order valence-corrected chi connectivity index (χ2v) is 5.27. The molecule has 0 aliphatic heterocycles. The molecule has 0 aliphatic carbocycles. The van der Waals surface area contributed by atoms with Crippen molar-refractivity contribution >= 4 is 0 Å². The Morgan fingerprint density at radius 1 is 1.10 bits per heavy atom. The minimum absolute atomic E-state index is 0.339. The van der Waals surface area contributed by atoms with Gasteiger partial charge in [-0.05, 0) is 37.0 Å². The minimum atomic E-state index is -0.907. The number of aryl methyl sites for hydroxylation is 2. The normalized spacial score (nSPS) is 12.4. The summed E-state index contributed by atoms with van der Waals surface area (Å²) >= 11 is 0. The predicted octanol–water partition coefficient (Wildman–Crippen LogP) is 4.56. The maximum atomic E-state index is 13.8. The fourth-order valence-electron chi connectivity index (χ4n) is 2.30. The lowest BCUT2D eigenvalue weighted by atomic mass is 9.97. The number of hydrogen-bond donors (Lipinski definition) is 1. The third kappa shape index (κ3) is 3.45. The maximum Gasteiger partial charge on any atom is 0.129 e. The SMILES string of the molecule is CCCCc1ccc(C(O)c2cc(C)ccc2F)cc1. The summed E-state index contributed by atoms with van der Waals surface area (Å²) in [7, 11) is 0. The highest BCUT2D eigenvalue weighted by atomic mass is 19.1. The lowest BCUT2D eigenvalue weighted by Gasteiger charge is -2.14. The molecule has 0 bridgehead atoms. The number of hydrogen-bond acceptors (Lipinski definition) is 1. The number of aliphatic hydroxyl groups excluding tert-OH is 1. The van der Waals surface area contributed by atoms with Crippen LogP contribution in [0.25, 0.3) is 0 Å². The van der Waals surface area contributed by atoms with E-state index in [2.05, 4.69) is 6.92 Å². The van der Waals surface area contributed by atoms with Crippen LogP contribution in [0.1, 0.15) is 48.1 Å². The molecule has 1 unspecified atom stereocenters. The second-order valence-electron chi connectivity index (χ2n) is 5.27. The van der Waals surface area contributed by atoms with E-state index in [1.54, 1.807) is 12.1 Å². The Morgan fingerprint density at radius 3 is 2.45 bits per heavy atom. The van der Waals surface area contributed by atoms with Crippen molar-refractivity contribution in [2.75, 3.05) is 0 Å². The first kappa shape index (κ1) is 14.7. The van der Waals surface area contributed by atoms with Crippen LogP contribution < -0.4 is 0 Å². The Balaban J connectivity index is 2.20. The minimum Gasteiger partial charge on any atom is -0.384 e. The van der Waals surface area contributed by atoms with Gasteiger partial charge in [0, 0.05) is 5.56 Å². The first-order valence-electron chi connectivity index (χ1n) is 7.14. The Bertz CT molecular complexity index is 560. The van der Waals surface area contributed by atoms with Crippen LogP contribution in [0.3, 0.4) is 0 Å². The van der Waals surface area contributed by atoms with E-state index in [9.17, 15) is 9.50 Å². The summed E-state index contributed by atoms with van der Waals surface area (Å²) in [6.07, 6.45) is 2.47. The molecule has 0 saturated heterocycles. The van der Waals surface area contributed by atoms with Crippen molar-refractivity contribution in [3.8, 4) is 0 Å². The molecular formula is C18H21FO. The maximum absolute atomic E-state index is 13.8. The molecule has 2 aromatic carbocycles. The zero-order chi connectivity index (χ0) is 14.5. The Hall–Kier alpha value is -1.67. The fourth-order valence-corrected chi connectivity index (χ4v) is 2.30. The monoisotopic (exact) mass is 272 g/mol. The number of rotatable bonds is 5. The van der Waals surface area contributed by atoms with Gasteiger partial charge in [-0.25, -0.2) is 4.39 Å². The van der Waals surface area contributed by atoms with Crippen LogP contribution in [-0.4, -0.2) is 5.11 Å². The molecule has 0 fully saturated rings. The van der Waals surface area contributed by atoms with Crippen LogP contribution >= 0.6 is 0 Å². The van der Waals surface area contributed by atoms with Gasteiger partial charge in [0.2, 0.25) is 0 Å². The zero-order valence-corrected chi connectivity index (χ0v) is 12.1. The van der Waals surface area contributed by atoms with Crippen LogP contribution in [-0.2, 0) is 6.42 Å². The van der Waals surface area contributed by atoms with Crippen LogP contribution in [0, 0.1) is 12.7 Å². The van der Waals surface area contributed by atoms with Gasteiger partial charge in [-0.2, -0.15) is 0 Å². The van der Waals surface area contributed by atoms with Crippen molar-refractivity contribution in [1.29, 1.82) is 0 Å². The molecule has 20 heavy (non-hydrogen) atoms. The highest BCUT2D eigenvalue weighted by Gasteiger charge is 2.15. The van der Waals surface area contributed by atoms with Gasteiger partial charge >= 0.3 is 0 Å². The largest absolute Gasteiger partial charge is 0.384 e. The molecule has 106 valence electrons. The first-order valence-corrected chi connectivity index (χ1v) is 7.14. The summed E-state index contributed by atoms with van der Waals surface area (Å²) in [5.74, 6) is -0.363. The average Bonchev–Trinajstić information content (AvgIpc) is 2.47. The van der Waals surface area contributed by atoms with Crippen LogP contribution in [0.5, 0.6) is 0 Å². The molecule has 2 rings (SSSR count). The third-order valence-corrected chi connectivity index (χ3v) is 3.56. The summed E-state index contributed by atoms with van der Waals surface area (Å²) in [5.41, 5.74) is 3.27. The topological polar surface area (TPSA) is 20.2 Å². The van der Waals surface area contributed by atoms with E-state index < -0.39 is 6.10 Å². The van der Waals surface area contributed by atoms with Crippen molar-refractivity contribution in [1.82, 2.24) is 0 Å². The van der Waals surface area contributed by atoms with Gasteiger partial charge in [0.05, 0.1) is 0 Å². The Morgan fingerprint density at radius 2 is 1.80 bits per heavy atom. The van der Waals surface area contributed by atoms with Crippen LogP contribution in [0.4, 0.5) is 4.39 Å². The summed E-state index contributed by atoms with van der Waals surface area (Å²) in [6, 6.07) is 12.6. The molecule has 0 heterocycles. The van der Waals surface area contributed by atoms with Crippen LogP contribution in [0.2, 0.25) is 0 Å². The van der Waals surface area contributed by atoms with Gasteiger partial charge in [0.1, 0.15) is 11.9 Å². The molecule has 0 radical (unpaired) electrons. The summed E-state index contributed by atoms with van der Waals surface area (Å²) in [4.78, 5) is 0. The Kier molecular flexibility index (Phi) is 4.91. The van der Waals surface area contributed by atoms with Gasteiger partial charge in [0.15, 0.2) is 0 Å². The van der Waals surface area contributed by atoms with Gasteiger partial charge in [-0.15, -0.1) is 0 Å². The smallest absolute Gasteiger partial charge is 0.129 e. The molecular weight excluding hydrogens is 251 g/mol. The molecule has 1 atom stereocenters. The van der Waals surface area contributed by atoms with Crippen molar-refractivity contribution in [2.45, 2.75) is 39.2 Å². The molecule has 2 aromatic rings. The van der Waals surface area contributed by atoms with E-state index >= 15 is 0 Å². The third-order valence-electron chi connectivity index (χ3n) is 3.56. The number of aliphatic hydroxyl groups is 1. The molecule has 0 aliphatic rings. The molecule has 1 nitrogen and oxygen atoms in total. The van der Waals surface area contributed by atoms with Crippen molar-refractivity contribution in [3.05, 3.63) is 70.5 Å². The second kappa shape index (κ2) is 6.67. The van der Waals surface area contributed by atoms with E-state index in [1.807, 2.05) is 31.2 Å². The Labute approximate surface area is 120 Å². The summed E-state index contributed by atoms with van der Waals surface area (Å²) in [6.45, 7) is 4.06. The number of benzene rings is 2. The number of halogens is 1. The van der Waals surface area contributed by atoms with Crippen molar-refractivity contribution in [3.63, 3.8) is 0 Å². The average molecular weight is 272 g/mol. The van der Waals surface area contributed by atoms with Crippen molar-refractivity contribution < 1.29 is 9.50 Å². The highest BCUT2D eigenvalue weighted by Crippen LogP contribution is 2.25. The number of unbranched alkanes of at least 4 members (excludes halogenated alkanes) is 1. The van der Waals surface area contributed by atoms with Gasteiger partial charge in [0.25, 0.3) is 0 Å². The van der Waals surface area contributed by atoms with E-state index in [0.717, 1.165) is 24.0 Å². The van der Waals surface area contributed by atoms with E-state index in [1.165, 1.54) is 18.1 Å². The molecule has 0 spiro atoms. The predicted molar refractivity (Wildman–Crippen MR) is 80.3 cm³/mol. The summed E-state index contributed by atoms with van der Waals surface area (Å²) in [5, 5.41) is 10.3. The molecule has 1 N–H and O–H groups in total. The molecule has 2 heteroatoms. The van der Waals surface area contributed by atoms with Gasteiger partial charge in [-0.3, -0.25) is 0 Å². The lowest BCUT2D eigenvalue weighted by molar-refractivity contribution is 0.215. The van der Waals surface area contributed by atoms with Crippen molar-refractivity contribution in [2.24, 2.45) is 0 Å². The quantitative estimate of drug-likeness (QED) is 0.846. The molecule has 0 aromatic heterocycles. The fraction of sp³-hybridized carbons (Fsp3) is 0.333. The first-order chi connectivity index (χ1) is 9.61. The van der Waals surface area contributed by atoms with E-state index in [4.69, 9.17) is 0 Å². The standard InChI is InChI=1S/C18H21FO/c1-3-4-5-14-7-9-15(10-8-14)18(20)16-12-13(2)6-11-17(16)19/h6-12,18,20H,3-5H2,1-2H3. The van der Waals surface area contributed by atoms with E-state index in [0.29, 0.717) is 5.56 Å². The zero-order valence-electron chi connectivity index (χ0n) is 12.1. The molecule has 0 saturated carbocycles. The van der Waals surface area contributed by atoms with Crippen LogP contribution in [0.15, 0.2) is 42.5 Å². The van der Waals surface area contributed by atoms with Gasteiger partial charge in [-0.1, -0.05) is 55.3 Å². The molecule has 0 amide bonds. The van der Waals surface area contributed by atoms with E-state index in [-0.39, 0.29) is 5.82 Å². The lowest BCUT2D eigenvalue weighted by Crippen LogP contribution is -2.03.